The van der Waals surface area contributed by atoms with Gasteiger partial charge in [-0.25, -0.2) is 9.78 Å². The summed E-state index contributed by atoms with van der Waals surface area (Å²) >= 11 is 2.74. The van der Waals surface area contributed by atoms with Gasteiger partial charge in [-0.05, 0) is 12.2 Å². The highest BCUT2D eigenvalue weighted by molar-refractivity contribution is 7.99. The minimum Gasteiger partial charge on any atom is -0.479 e. The summed E-state index contributed by atoms with van der Waals surface area (Å²) in [6.07, 6.45) is 3.07. The van der Waals surface area contributed by atoms with Crippen LogP contribution in [0.15, 0.2) is 22.6 Å². The molecule has 0 aromatic carbocycles. The van der Waals surface area contributed by atoms with Crippen LogP contribution < -0.4 is 10.9 Å². The smallest absolute Gasteiger partial charge is 0.330 e. The van der Waals surface area contributed by atoms with Crippen molar-refractivity contribution in [2.45, 2.75) is 12.0 Å². The lowest BCUT2D eigenvalue weighted by atomic mass is 9.99. The molecule has 0 aliphatic carbocycles. The number of hydrogen-bond acceptors (Lipinski definition) is 6. The molecular weight excluding hydrogens is 314 g/mol. The third-order valence-corrected chi connectivity index (χ3v) is 5.33. The first-order chi connectivity index (χ1) is 10.0. The Labute approximate surface area is 127 Å². The van der Waals surface area contributed by atoms with E-state index in [9.17, 15) is 19.5 Å². The first kappa shape index (κ1) is 14.1. The van der Waals surface area contributed by atoms with E-state index < -0.39 is 23.0 Å². The molecule has 7 nitrogen and oxygen atoms in total. The molecule has 1 amide bonds. The minimum absolute atomic E-state index is 0.150. The number of aromatic nitrogens is 2. The van der Waals surface area contributed by atoms with Gasteiger partial charge in [-0.1, -0.05) is 0 Å². The Morgan fingerprint density at radius 3 is 2.95 bits per heavy atom. The first-order valence-corrected chi connectivity index (χ1v) is 8.15. The maximum atomic E-state index is 12.3. The zero-order chi connectivity index (χ0) is 15.0. The van der Waals surface area contributed by atoms with E-state index in [1.807, 2.05) is 0 Å². The molecule has 1 aliphatic heterocycles. The number of carbonyl (C=O) groups is 2. The van der Waals surface area contributed by atoms with Crippen molar-refractivity contribution in [2.24, 2.45) is 0 Å². The van der Waals surface area contributed by atoms with Crippen LogP contribution in [0.4, 0.5) is 0 Å². The fourth-order valence-electron chi connectivity index (χ4n) is 2.15. The van der Waals surface area contributed by atoms with Crippen LogP contribution in [-0.4, -0.2) is 43.4 Å². The van der Waals surface area contributed by atoms with Crippen LogP contribution in [0.3, 0.4) is 0 Å². The monoisotopic (exact) mass is 325 g/mol. The maximum Gasteiger partial charge on any atom is 0.330 e. The van der Waals surface area contributed by atoms with Gasteiger partial charge in [0.25, 0.3) is 11.5 Å². The SMILES string of the molecule is O=C(NC1(C(=O)O)CCSC1)c1cnc2sccn2c1=O. The molecule has 1 saturated heterocycles. The van der Waals surface area contributed by atoms with Crippen LogP contribution in [0.5, 0.6) is 0 Å². The predicted octanol–water partition coefficient (Wildman–Crippen LogP) is 0.446. The molecule has 110 valence electrons. The second kappa shape index (κ2) is 5.15. The standard InChI is InChI=1S/C12H11N3O4S2/c16-8(14-12(10(18)19)1-3-20-6-12)7-5-13-11-15(9(7)17)2-4-21-11/h2,4-5H,1,3,6H2,(H,14,16)(H,18,19). The van der Waals surface area contributed by atoms with Gasteiger partial charge < -0.3 is 10.4 Å². The van der Waals surface area contributed by atoms with Crippen LogP contribution in [0.2, 0.25) is 0 Å². The summed E-state index contributed by atoms with van der Waals surface area (Å²) in [6, 6.07) is 0. The van der Waals surface area contributed by atoms with E-state index in [0.29, 0.717) is 22.9 Å². The van der Waals surface area contributed by atoms with Crippen molar-refractivity contribution < 1.29 is 14.7 Å². The van der Waals surface area contributed by atoms with Gasteiger partial charge in [0.1, 0.15) is 11.1 Å². The molecule has 0 radical (unpaired) electrons. The summed E-state index contributed by atoms with van der Waals surface area (Å²) in [4.78, 5) is 40.4. The van der Waals surface area contributed by atoms with Gasteiger partial charge in [0.05, 0.1) is 0 Å². The normalized spacial score (nSPS) is 21.5. The number of nitrogens with zero attached hydrogens (tertiary/aromatic N) is 2. The lowest BCUT2D eigenvalue weighted by Gasteiger charge is -2.24. The molecule has 1 unspecified atom stereocenters. The summed E-state index contributed by atoms with van der Waals surface area (Å²) in [6.45, 7) is 0. The number of fused-ring (bicyclic) bond motifs is 1. The number of carboxylic acid groups (broad SMARTS) is 1. The Hall–Kier alpha value is -1.87. The van der Waals surface area contributed by atoms with Crippen molar-refractivity contribution in [3.8, 4) is 0 Å². The van der Waals surface area contributed by atoms with E-state index >= 15 is 0 Å². The summed E-state index contributed by atoms with van der Waals surface area (Å²) in [5.41, 5.74) is -1.95. The van der Waals surface area contributed by atoms with Gasteiger partial charge >= 0.3 is 5.97 Å². The number of hydrogen-bond donors (Lipinski definition) is 2. The van der Waals surface area contributed by atoms with E-state index in [1.165, 1.54) is 39.9 Å². The number of thiazole rings is 1. The van der Waals surface area contributed by atoms with E-state index in [-0.39, 0.29) is 5.56 Å². The number of nitrogens with one attached hydrogen (secondary N) is 1. The number of amides is 1. The Bertz CT molecular complexity index is 776. The summed E-state index contributed by atoms with van der Waals surface area (Å²) < 4.78 is 1.27. The van der Waals surface area contributed by atoms with Crippen LogP contribution in [0.25, 0.3) is 4.96 Å². The van der Waals surface area contributed by atoms with Crippen LogP contribution in [-0.2, 0) is 4.79 Å². The average molecular weight is 325 g/mol. The number of rotatable bonds is 3. The molecule has 0 saturated carbocycles. The lowest BCUT2D eigenvalue weighted by Crippen LogP contribution is -2.55. The van der Waals surface area contributed by atoms with E-state index in [2.05, 4.69) is 10.3 Å². The molecule has 2 N–H and O–H groups in total. The second-order valence-corrected chi connectivity index (χ2v) is 6.65. The lowest BCUT2D eigenvalue weighted by molar-refractivity contribution is -0.143. The fraction of sp³-hybridized carbons (Fsp3) is 0.333. The molecule has 0 spiro atoms. The number of thioether (sulfide) groups is 1. The van der Waals surface area contributed by atoms with Crippen molar-refractivity contribution in [3.05, 3.63) is 33.7 Å². The highest BCUT2D eigenvalue weighted by Gasteiger charge is 2.43. The van der Waals surface area contributed by atoms with Crippen molar-refractivity contribution in [1.82, 2.24) is 14.7 Å². The van der Waals surface area contributed by atoms with Crippen molar-refractivity contribution >= 4 is 39.9 Å². The molecule has 0 bridgehead atoms. The molecule has 1 fully saturated rings. The zero-order valence-electron chi connectivity index (χ0n) is 10.7. The van der Waals surface area contributed by atoms with E-state index in [4.69, 9.17) is 0 Å². The molecular formula is C12H11N3O4S2. The number of aliphatic carboxylic acids is 1. The fourth-order valence-corrected chi connectivity index (χ4v) is 4.15. The van der Waals surface area contributed by atoms with Crippen molar-refractivity contribution in [3.63, 3.8) is 0 Å². The van der Waals surface area contributed by atoms with Gasteiger partial charge in [-0.15, -0.1) is 11.3 Å². The largest absolute Gasteiger partial charge is 0.479 e. The summed E-state index contributed by atoms with van der Waals surface area (Å²) in [5.74, 6) is -0.819. The van der Waals surface area contributed by atoms with E-state index in [1.54, 1.807) is 5.38 Å². The molecule has 3 heterocycles. The van der Waals surface area contributed by atoms with Gasteiger partial charge in [0.15, 0.2) is 4.96 Å². The number of carbonyl (C=O) groups excluding carboxylic acids is 1. The topological polar surface area (TPSA) is 101 Å². The number of carboxylic acids is 1. The molecule has 3 rings (SSSR count). The average Bonchev–Trinajstić information content (AvgIpc) is 3.08. The first-order valence-electron chi connectivity index (χ1n) is 6.12. The maximum absolute atomic E-state index is 12.3. The predicted molar refractivity (Wildman–Crippen MR) is 79.1 cm³/mol. The molecule has 9 heteroatoms. The quantitative estimate of drug-likeness (QED) is 0.849. The van der Waals surface area contributed by atoms with E-state index in [0.717, 1.165) is 0 Å². The third-order valence-electron chi connectivity index (χ3n) is 3.37. The molecule has 2 aromatic rings. The van der Waals surface area contributed by atoms with Crippen LogP contribution in [0, 0.1) is 0 Å². The highest BCUT2D eigenvalue weighted by atomic mass is 32.2. The molecule has 2 aromatic heterocycles. The van der Waals surface area contributed by atoms with Gasteiger partial charge in [-0.3, -0.25) is 14.0 Å². The third kappa shape index (κ3) is 2.32. The molecule has 1 aliphatic rings. The highest BCUT2D eigenvalue weighted by Crippen LogP contribution is 2.28. The Morgan fingerprint density at radius 2 is 2.29 bits per heavy atom. The van der Waals surface area contributed by atoms with Crippen molar-refractivity contribution in [2.75, 3.05) is 11.5 Å². The Morgan fingerprint density at radius 1 is 1.48 bits per heavy atom. The van der Waals surface area contributed by atoms with Crippen LogP contribution >= 0.6 is 23.1 Å². The second-order valence-electron chi connectivity index (χ2n) is 4.68. The summed E-state index contributed by atoms with van der Waals surface area (Å²) in [5, 5.41) is 13.5. The van der Waals surface area contributed by atoms with Crippen LogP contribution in [0.1, 0.15) is 16.8 Å². The molecule has 21 heavy (non-hydrogen) atoms. The van der Waals surface area contributed by atoms with Gasteiger partial charge in [0, 0.05) is 23.5 Å². The summed E-state index contributed by atoms with van der Waals surface area (Å²) in [7, 11) is 0. The van der Waals surface area contributed by atoms with Gasteiger partial charge in [-0.2, -0.15) is 11.8 Å². The minimum atomic E-state index is -1.30. The van der Waals surface area contributed by atoms with Crippen molar-refractivity contribution in [1.29, 1.82) is 0 Å². The Kier molecular flexibility index (Phi) is 3.46. The molecule has 1 atom stereocenters. The van der Waals surface area contributed by atoms with Gasteiger partial charge in [0.2, 0.25) is 0 Å². The Balaban J connectivity index is 1.95. The zero-order valence-corrected chi connectivity index (χ0v) is 12.4.